The molecule has 1 aliphatic rings. The number of hydrogen-bond donors (Lipinski definition) is 0. The Balaban J connectivity index is 1.29. The fourth-order valence-electron chi connectivity index (χ4n) is 3.87. The number of tetrazole rings is 1. The van der Waals surface area contributed by atoms with Gasteiger partial charge in [-0.2, -0.15) is 4.68 Å². The van der Waals surface area contributed by atoms with E-state index in [1.165, 1.54) is 0 Å². The normalized spacial score (nSPS) is 14.3. The highest BCUT2D eigenvalue weighted by Crippen LogP contribution is 2.17. The van der Waals surface area contributed by atoms with Crippen molar-refractivity contribution < 1.29 is 14.3 Å². The maximum absolute atomic E-state index is 12.7. The minimum absolute atomic E-state index is 0.151. The molecule has 2 heterocycles. The minimum atomic E-state index is 0.151. The Morgan fingerprint density at radius 3 is 2.09 bits per heavy atom. The molecular formula is C24H30N6O3. The first-order valence-corrected chi connectivity index (χ1v) is 11.4. The Morgan fingerprint density at radius 2 is 1.48 bits per heavy atom. The van der Waals surface area contributed by atoms with Crippen LogP contribution in [0.1, 0.15) is 25.2 Å². The molecule has 3 aromatic rings. The van der Waals surface area contributed by atoms with E-state index in [1.807, 2.05) is 67.3 Å². The lowest BCUT2D eigenvalue weighted by molar-refractivity contribution is -0.132. The largest absolute Gasteiger partial charge is 0.494 e. The number of benzene rings is 2. The molecule has 0 saturated carbocycles. The molecule has 174 valence electrons. The molecule has 0 bridgehead atoms. The summed E-state index contributed by atoms with van der Waals surface area (Å²) in [4.78, 5) is 17.0. The van der Waals surface area contributed by atoms with Crippen LogP contribution in [0, 0.1) is 0 Å². The van der Waals surface area contributed by atoms with E-state index >= 15 is 0 Å². The first-order chi connectivity index (χ1) is 16.2. The SMILES string of the molecule is CCOc1ccc(CC(=O)N2CCN(Cc3nnnn3-c3ccc(OCC)cc3)CC2)cc1. The van der Waals surface area contributed by atoms with Crippen molar-refractivity contribution in [1.82, 2.24) is 30.0 Å². The summed E-state index contributed by atoms with van der Waals surface area (Å²) in [5.41, 5.74) is 1.89. The molecule has 0 radical (unpaired) electrons. The molecule has 1 aromatic heterocycles. The van der Waals surface area contributed by atoms with Crippen molar-refractivity contribution in [3.05, 3.63) is 59.9 Å². The number of carbonyl (C=O) groups excluding carboxylic acids is 1. The van der Waals surface area contributed by atoms with Gasteiger partial charge in [0.25, 0.3) is 0 Å². The van der Waals surface area contributed by atoms with Crippen molar-refractivity contribution in [2.24, 2.45) is 0 Å². The number of carbonyl (C=O) groups is 1. The van der Waals surface area contributed by atoms with Crippen molar-refractivity contribution >= 4 is 5.91 Å². The summed E-state index contributed by atoms with van der Waals surface area (Å²) in [7, 11) is 0. The third-order valence-electron chi connectivity index (χ3n) is 5.61. The lowest BCUT2D eigenvalue weighted by Gasteiger charge is -2.34. The van der Waals surface area contributed by atoms with Gasteiger partial charge in [0, 0.05) is 26.2 Å². The van der Waals surface area contributed by atoms with E-state index < -0.39 is 0 Å². The van der Waals surface area contributed by atoms with Crippen LogP contribution in [0.5, 0.6) is 11.5 Å². The van der Waals surface area contributed by atoms with Gasteiger partial charge in [-0.1, -0.05) is 12.1 Å². The smallest absolute Gasteiger partial charge is 0.227 e. The number of piperazine rings is 1. The van der Waals surface area contributed by atoms with Gasteiger partial charge >= 0.3 is 0 Å². The highest BCUT2D eigenvalue weighted by molar-refractivity contribution is 5.79. The van der Waals surface area contributed by atoms with Crippen molar-refractivity contribution in [3.63, 3.8) is 0 Å². The molecule has 33 heavy (non-hydrogen) atoms. The predicted molar refractivity (Wildman–Crippen MR) is 123 cm³/mol. The van der Waals surface area contributed by atoms with E-state index in [-0.39, 0.29) is 5.91 Å². The van der Waals surface area contributed by atoms with Gasteiger partial charge in [0.15, 0.2) is 5.82 Å². The first kappa shape index (κ1) is 22.7. The van der Waals surface area contributed by atoms with E-state index in [9.17, 15) is 4.79 Å². The zero-order valence-electron chi connectivity index (χ0n) is 19.2. The lowest BCUT2D eigenvalue weighted by atomic mass is 10.1. The topological polar surface area (TPSA) is 85.6 Å². The van der Waals surface area contributed by atoms with Crippen LogP contribution < -0.4 is 9.47 Å². The van der Waals surface area contributed by atoms with Crippen molar-refractivity contribution in [3.8, 4) is 17.2 Å². The summed E-state index contributed by atoms with van der Waals surface area (Å²) >= 11 is 0. The fraction of sp³-hybridized carbons (Fsp3) is 0.417. The third-order valence-corrected chi connectivity index (χ3v) is 5.61. The summed E-state index contributed by atoms with van der Waals surface area (Å²) in [5, 5.41) is 12.2. The van der Waals surface area contributed by atoms with E-state index in [0.717, 1.165) is 41.7 Å². The van der Waals surface area contributed by atoms with Crippen LogP contribution in [0.2, 0.25) is 0 Å². The second kappa shape index (κ2) is 10.9. The molecule has 0 spiro atoms. The Hall–Kier alpha value is -3.46. The molecule has 0 atom stereocenters. The highest BCUT2D eigenvalue weighted by atomic mass is 16.5. The summed E-state index contributed by atoms with van der Waals surface area (Å²) in [6, 6.07) is 15.5. The van der Waals surface area contributed by atoms with Crippen molar-refractivity contribution in [1.29, 1.82) is 0 Å². The second-order valence-electron chi connectivity index (χ2n) is 7.84. The van der Waals surface area contributed by atoms with E-state index in [0.29, 0.717) is 39.3 Å². The number of aromatic nitrogens is 4. The molecule has 4 rings (SSSR count). The number of ether oxygens (including phenoxy) is 2. The van der Waals surface area contributed by atoms with Crippen LogP contribution in [-0.4, -0.2) is 75.3 Å². The molecule has 9 nitrogen and oxygen atoms in total. The molecule has 0 aliphatic carbocycles. The third kappa shape index (κ3) is 5.87. The molecule has 1 amide bonds. The average molecular weight is 451 g/mol. The summed E-state index contributed by atoms with van der Waals surface area (Å²) < 4.78 is 12.7. The van der Waals surface area contributed by atoms with Gasteiger partial charge < -0.3 is 14.4 Å². The van der Waals surface area contributed by atoms with Crippen LogP contribution in [0.4, 0.5) is 0 Å². The van der Waals surface area contributed by atoms with Gasteiger partial charge in [0.2, 0.25) is 5.91 Å². The van der Waals surface area contributed by atoms with Gasteiger partial charge in [0.1, 0.15) is 11.5 Å². The quantitative estimate of drug-likeness (QED) is 0.495. The zero-order chi connectivity index (χ0) is 23.0. The number of nitrogens with zero attached hydrogens (tertiary/aromatic N) is 6. The van der Waals surface area contributed by atoms with E-state index in [1.54, 1.807) is 4.68 Å². The van der Waals surface area contributed by atoms with Crippen LogP contribution in [-0.2, 0) is 17.8 Å². The second-order valence-corrected chi connectivity index (χ2v) is 7.84. The fourth-order valence-corrected chi connectivity index (χ4v) is 3.87. The van der Waals surface area contributed by atoms with Crippen LogP contribution in [0.25, 0.3) is 5.69 Å². The summed E-state index contributed by atoms with van der Waals surface area (Å²) in [5.74, 6) is 2.57. The van der Waals surface area contributed by atoms with Gasteiger partial charge in [-0.25, -0.2) is 0 Å². The van der Waals surface area contributed by atoms with Crippen LogP contribution in [0.15, 0.2) is 48.5 Å². The van der Waals surface area contributed by atoms with Gasteiger partial charge in [-0.3, -0.25) is 9.69 Å². The van der Waals surface area contributed by atoms with Crippen molar-refractivity contribution in [2.45, 2.75) is 26.8 Å². The molecule has 9 heteroatoms. The van der Waals surface area contributed by atoms with Crippen LogP contribution >= 0.6 is 0 Å². The van der Waals surface area contributed by atoms with Gasteiger partial charge in [0.05, 0.1) is 31.9 Å². The zero-order valence-corrected chi connectivity index (χ0v) is 19.2. The standard InChI is InChI=1S/C24H30N6O3/c1-3-32-21-9-5-19(6-10-21)17-24(31)29-15-13-28(14-16-29)18-23-25-26-27-30(23)20-7-11-22(12-8-20)33-4-2/h5-12H,3-4,13-18H2,1-2H3. The van der Waals surface area contributed by atoms with Gasteiger partial charge in [-0.15, -0.1) is 5.10 Å². The molecule has 2 aromatic carbocycles. The van der Waals surface area contributed by atoms with Gasteiger partial charge in [-0.05, 0) is 66.2 Å². The Kier molecular flexibility index (Phi) is 7.51. The van der Waals surface area contributed by atoms with E-state index in [2.05, 4.69) is 20.4 Å². The Morgan fingerprint density at radius 1 is 0.879 bits per heavy atom. The van der Waals surface area contributed by atoms with Crippen LogP contribution in [0.3, 0.4) is 0 Å². The van der Waals surface area contributed by atoms with Crippen molar-refractivity contribution in [2.75, 3.05) is 39.4 Å². The number of hydrogen-bond acceptors (Lipinski definition) is 7. The molecule has 0 unspecified atom stereocenters. The first-order valence-electron chi connectivity index (χ1n) is 11.4. The lowest BCUT2D eigenvalue weighted by Crippen LogP contribution is -2.48. The minimum Gasteiger partial charge on any atom is -0.494 e. The Bertz CT molecular complexity index is 1030. The Labute approximate surface area is 193 Å². The molecule has 1 aliphatic heterocycles. The molecule has 1 saturated heterocycles. The number of amides is 1. The molecule has 1 fully saturated rings. The maximum atomic E-state index is 12.7. The maximum Gasteiger partial charge on any atom is 0.227 e. The average Bonchev–Trinajstić information content (AvgIpc) is 3.30. The summed E-state index contributed by atoms with van der Waals surface area (Å²) in [6.45, 7) is 8.76. The van der Waals surface area contributed by atoms with E-state index in [4.69, 9.17) is 9.47 Å². The number of rotatable bonds is 9. The monoisotopic (exact) mass is 450 g/mol. The molecular weight excluding hydrogens is 420 g/mol. The summed E-state index contributed by atoms with van der Waals surface area (Å²) in [6.07, 6.45) is 0.405. The predicted octanol–water partition coefficient (Wildman–Crippen LogP) is 2.35. The molecule has 0 N–H and O–H groups in total. The highest BCUT2D eigenvalue weighted by Gasteiger charge is 2.23.